The van der Waals surface area contributed by atoms with Gasteiger partial charge >= 0.3 is 0 Å². The highest BCUT2D eigenvalue weighted by Crippen LogP contribution is 2.34. The van der Waals surface area contributed by atoms with Crippen molar-refractivity contribution >= 4 is 21.8 Å². The van der Waals surface area contributed by atoms with Crippen molar-refractivity contribution < 1.29 is 9.53 Å². The predicted octanol–water partition coefficient (Wildman–Crippen LogP) is 2.29. The molecule has 98 valence electrons. The van der Waals surface area contributed by atoms with Crippen LogP contribution in [0.4, 0.5) is 0 Å². The average Bonchev–Trinajstić information content (AvgIpc) is 2.85. The van der Waals surface area contributed by atoms with Gasteiger partial charge in [-0.2, -0.15) is 0 Å². The summed E-state index contributed by atoms with van der Waals surface area (Å²) in [6.45, 7) is 8.06. The first kappa shape index (κ1) is 13.3. The minimum atomic E-state index is 0.0547. The van der Waals surface area contributed by atoms with Crippen molar-refractivity contribution in [1.82, 2.24) is 4.90 Å². The van der Waals surface area contributed by atoms with Crippen molar-refractivity contribution in [1.29, 1.82) is 0 Å². The zero-order chi connectivity index (χ0) is 12.6. The molecular weight excluding hydrogens is 282 g/mol. The zero-order valence-corrected chi connectivity index (χ0v) is 12.4. The van der Waals surface area contributed by atoms with Gasteiger partial charge in [-0.25, -0.2) is 0 Å². The van der Waals surface area contributed by atoms with Gasteiger partial charge in [-0.3, -0.25) is 4.79 Å². The lowest BCUT2D eigenvalue weighted by Gasteiger charge is -2.24. The fraction of sp³-hybridized carbons (Fsp3) is 0.923. The molecule has 0 saturated carbocycles. The van der Waals surface area contributed by atoms with Crippen molar-refractivity contribution in [2.45, 2.75) is 39.4 Å². The SMILES string of the molecule is CC1OC(C)C(C(=O)N2CCC(CBr)C2)C1C. The van der Waals surface area contributed by atoms with Gasteiger partial charge in [0, 0.05) is 18.4 Å². The molecule has 2 fully saturated rings. The maximum Gasteiger partial charge on any atom is 0.228 e. The second kappa shape index (κ2) is 5.27. The van der Waals surface area contributed by atoms with E-state index in [0.717, 1.165) is 24.8 Å². The van der Waals surface area contributed by atoms with Gasteiger partial charge in [-0.05, 0) is 32.1 Å². The fourth-order valence-electron chi connectivity index (χ4n) is 3.06. The molecule has 0 radical (unpaired) electrons. The molecule has 2 heterocycles. The number of amides is 1. The molecular formula is C13H22BrNO2. The lowest BCUT2D eigenvalue weighted by atomic mass is 9.88. The highest BCUT2D eigenvalue weighted by Gasteiger charge is 2.44. The highest BCUT2D eigenvalue weighted by molar-refractivity contribution is 9.09. The Morgan fingerprint density at radius 3 is 2.53 bits per heavy atom. The first-order valence-electron chi connectivity index (χ1n) is 6.54. The van der Waals surface area contributed by atoms with Crippen LogP contribution in [0.2, 0.25) is 0 Å². The van der Waals surface area contributed by atoms with Crippen LogP contribution in [0.25, 0.3) is 0 Å². The third kappa shape index (κ3) is 2.53. The van der Waals surface area contributed by atoms with Gasteiger partial charge in [-0.15, -0.1) is 0 Å². The number of hydrogen-bond acceptors (Lipinski definition) is 2. The van der Waals surface area contributed by atoms with Crippen LogP contribution in [0, 0.1) is 17.8 Å². The number of alkyl halides is 1. The predicted molar refractivity (Wildman–Crippen MR) is 71.1 cm³/mol. The maximum absolute atomic E-state index is 12.5. The first-order valence-corrected chi connectivity index (χ1v) is 7.67. The smallest absolute Gasteiger partial charge is 0.228 e. The van der Waals surface area contributed by atoms with Crippen LogP contribution >= 0.6 is 15.9 Å². The van der Waals surface area contributed by atoms with Gasteiger partial charge in [0.1, 0.15) is 0 Å². The summed E-state index contributed by atoms with van der Waals surface area (Å²) in [5.41, 5.74) is 0. The van der Waals surface area contributed by atoms with Gasteiger partial charge in [0.25, 0.3) is 0 Å². The van der Waals surface area contributed by atoms with Crippen LogP contribution in [0.15, 0.2) is 0 Å². The number of halogens is 1. The van der Waals surface area contributed by atoms with E-state index in [2.05, 4.69) is 29.8 Å². The number of rotatable bonds is 2. The van der Waals surface area contributed by atoms with Gasteiger partial charge in [0.05, 0.1) is 18.1 Å². The molecule has 0 aromatic heterocycles. The first-order chi connectivity index (χ1) is 8.04. The Morgan fingerprint density at radius 1 is 1.35 bits per heavy atom. The molecule has 2 aliphatic heterocycles. The standard InChI is InChI=1S/C13H22BrNO2/c1-8-9(2)17-10(3)12(8)13(16)15-5-4-11(6-14)7-15/h8-12H,4-7H2,1-3H3. The molecule has 5 atom stereocenters. The highest BCUT2D eigenvalue weighted by atomic mass is 79.9. The molecule has 2 aliphatic rings. The van der Waals surface area contributed by atoms with Gasteiger partial charge in [0.15, 0.2) is 0 Å². The number of hydrogen-bond donors (Lipinski definition) is 0. The molecule has 4 heteroatoms. The van der Waals surface area contributed by atoms with E-state index in [4.69, 9.17) is 4.74 Å². The number of carbonyl (C=O) groups excluding carboxylic acids is 1. The average molecular weight is 304 g/mol. The second-order valence-electron chi connectivity index (χ2n) is 5.52. The molecule has 2 saturated heterocycles. The molecule has 0 aromatic rings. The van der Waals surface area contributed by atoms with Crippen molar-refractivity contribution in [3.8, 4) is 0 Å². The van der Waals surface area contributed by atoms with Gasteiger partial charge in [-0.1, -0.05) is 22.9 Å². The van der Waals surface area contributed by atoms with Crippen molar-refractivity contribution in [2.75, 3.05) is 18.4 Å². The molecule has 0 N–H and O–H groups in total. The summed E-state index contributed by atoms with van der Waals surface area (Å²) in [6, 6.07) is 0. The van der Waals surface area contributed by atoms with E-state index < -0.39 is 0 Å². The van der Waals surface area contributed by atoms with Crippen LogP contribution in [0.5, 0.6) is 0 Å². The fourth-order valence-corrected chi connectivity index (χ4v) is 3.59. The van der Waals surface area contributed by atoms with Crippen LogP contribution in [0.1, 0.15) is 27.2 Å². The molecule has 5 unspecified atom stereocenters. The summed E-state index contributed by atoms with van der Waals surface area (Å²) in [4.78, 5) is 14.5. The summed E-state index contributed by atoms with van der Waals surface area (Å²) in [6.07, 6.45) is 1.40. The molecule has 2 rings (SSSR count). The Morgan fingerprint density at radius 2 is 2.06 bits per heavy atom. The summed E-state index contributed by atoms with van der Waals surface area (Å²) >= 11 is 3.51. The lowest BCUT2D eigenvalue weighted by Crippen LogP contribution is -2.39. The molecule has 3 nitrogen and oxygen atoms in total. The molecule has 0 aromatic carbocycles. The summed E-state index contributed by atoms with van der Waals surface area (Å²) in [5, 5.41) is 0.999. The van der Waals surface area contributed by atoms with E-state index in [0.29, 0.717) is 17.7 Å². The monoisotopic (exact) mass is 303 g/mol. The van der Waals surface area contributed by atoms with Crippen molar-refractivity contribution in [3.63, 3.8) is 0 Å². The Bertz CT molecular complexity index is 297. The number of nitrogens with zero attached hydrogens (tertiary/aromatic N) is 1. The Balaban J connectivity index is 2.00. The summed E-state index contributed by atoms with van der Waals surface area (Å²) < 4.78 is 5.76. The largest absolute Gasteiger partial charge is 0.374 e. The van der Waals surface area contributed by atoms with E-state index in [-0.39, 0.29) is 18.1 Å². The molecule has 0 bridgehead atoms. The topological polar surface area (TPSA) is 29.5 Å². The third-order valence-corrected chi connectivity index (χ3v) is 5.26. The molecule has 17 heavy (non-hydrogen) atoms. The number of likely N-dealkylation sites (tertiary alicyclic amines) is 1. The minimum Gasteiger partial charge on any atom is -0.374 e. The van der Waals surface area contributed by atoms with E-state index in [1.165, 1.54) is 0 Å². The van der Waals surface area contributed by atoms with E-state index in [9.17, 15) is 4.79 Å². The zero-order valence-electron chi connectivity index (χ0n) is 10.9. The van der Waals surface area contributed by atoms with Crippen LogP contribution in [-0.2, 0) is 9.53 Å². The second-order valence-corrected chi connectivity index (χ2v) is 6.17. The molecule has 1 amide bonds. The Hall–Kier alpha value is -0.0900. The molecule has 0 aliphatic carbocycles. The quantitative estimate of drug-likeness (QED) is 0.733. The number of ether oxygens (including phenoxy) is 1. The van der Waals surface area contributed by atoms with E-state index in [1.807, 2.05) is 11.8 Å². The van der Waals surface area contributed by atoms with Crippen molar-refractivity contribution in [3.05, 3.63) is 0 Å². The van der Waals surface area contributed by atoms with Crippen LogP contribution in [-0.4, -0.2) is 41.4 Å². The van der Waals surface area contributed by atoms with Crippen LogP contribution < -0.4 is 0 Å². The number of carbonyl (C=O) groups is 1. The van der Waals surface area contributed by atoms with Crippen LogP contribution in [0.3, 0.4) is 0 Å². The van der Waals surface area contributed by atoms with Gasteiger partial charge < -0.3 is 9.64 Å². The lowest BCUT2D eigenvalue weighted by molar-refractivity contribution is -0.136. The summed E-state index contributed by atoms with van der Waals surface area (Å²) in [7, 11) is 0. The van der Waals surface area contributed by atoms with Crippen molar-refractivity contribution in [2.24, 2.45) is 17.8 Å². The van der Waals surface area contributed by atoms with E-state index >= 15 is 0 Å². The Labute approximate surface area is 112 Å². The maximum atomic E-state index is 12.5. The third-order valence-electron chi connectivity index (χ3n) is 4.34. The van der Waals surface area contributed by atoms with E-state index in [1.54, 1.807) is 0 Å². The normalized spacial score (nSPS) is 42.1. The van der Waals surface area contributed by atoms with Gasteiger partial charge in [0.2, 0.25) is 5.91 Å². The molecule has 0 spiro atoms. The minimum absolute atomic E-state index is 0.0547. The Kier molecular flexibility index (Phi) is 4.14. The summed E-state index contributed by atoms with van der Waals surface area (Å²) in [5.74, 6) is 1.32.